The van der Waals surface area contributed by atoms with E-state index in [0.29, 0.717) is 0 Å². The smallest absolute Gasteiger partial charge is 0.294 e. The van der Waals surface area contributed by atoms with Crippen LogP contribution in [0.2, 0.25) is 0 Å². The van der Waals surface area contributed by atoms with E-state index in [9.17, 15) is 8.42 Å². The van der Waals surface area contributed by atoms with Crippen molar-refractivity contribution in [1.82, 2.24) is 0 Å². The van der Waals surface area contributed by atoms with Gasteiger partial charge in [0.15, 0.2) is 0 Å². The molecule has 1 aliphatic heterocycles. The van der Waals surface area contributed by atoms with Crippen molar-refractivity contribution in [2.75, 3.05) is 5.32 Å². The zero-order chi connectivity index (χ0) is 11.2. The predicted octanol–water partition coefficient (Wildman–Crippen LogP) is 1.98. The first kappa shape index (κ1) is 10.2. The molecule has 0 saturated carbocycles. The first-order chi connectivity index (χ1) is 6.89. The van der Waals surface area contributed by atoms with Crippen molar-refractivity contribution >= 4 is 15.8 Å². The third-order valence-corrected chi connectivity index (χ3v) is 3.45. The number of fused-ring (bicyclic) bond motifs is 1. The fraction of sp³-hybridized carbons (Fsp3) is 0.200. The molecule has 4 nitrogen and oxygen atoms in total. The normalized spacial score (nSPS) is 19.9. The highest BCUT2D eigenvalue weighted by atomic mass is 32.2. The Labute approximate surface area is 88.4 Å². The molecule has 15 heavy (non-hydrogen) atoms. The second-order valence-electron chi connectivity index (χ2n) is 3.60. The molecule has 1 heterocycles. The highest BCUT2D eigenvalue weighted by molar-refractivity contribution is 7.85. The number of rotatable bonds is 1. The second kappa shape index (κ2) is 3.08. The van der Waals surface area contributed by atoms with Gasteiger partial charge in [0.2, 0.25) is 0 Å². The fourth-order valence-electron chi connectivity index (χ4n) is 1.64. The van der Waals surface area contributed by atoms with E-state index in [1.807, 2.05) is 6.92 Å². The molecule has 0 bridgehead atoms. The lowest BCUT2D eigenvalue weighted by Gasteiger charge is -2.04. The first-order valence-electron chi connectivity index (χ1n) is 4.47. The molecular weight excluding hydrogens is 214 g/mol. The molecule has 1 aromatic rings. The average Bonchev–Trinajstić information content (AvgIpc) is 2.41. The van der Waals surface area contributed by atoms with E-state index < -0.39 is 10.1 Å². The van der Waals surface area contributed by atoms with E-state index in [-0.39, 0.29) is 10.8 Å². The molecule has 1 unspecified atom stereocenters. The quantitative estimate of drug-likeness (QED) is 0.717. The maximum atomic E-state index is 10.9. The Morgan fingerprint density at radius 1 is 1.47 bits per heavy atom. The van der Waals surface area contributed by atoms with Gasteiger partial charge in [-0.25, -0.2) is 0 Å². The third-order valence-electron chi connectivity index (χ3n) is 2.61. The zero-order valence-corrected chi connectivity index (χ0v) is 9.00. The van der Waals surface area contributed by atoms with Crippen molar-refractivity contribution in [3.05, 3.63) is 36.0 Å². The van der Waals surface area contributed by atoms with Crippen LogP contribution in [0.25, 0.3) is 0 Å². The summed E-state index contributed by atoms with van der Waals surface area (Å²) in [6.07, 6.45) is 0. The van der Waals surface area contributed by atoms with Crippen LogP contribution in [0.1, 0.15) is 18.4 Å². The maximum Gasteiger partial charge on any atom is 0.294 e. The number of hydrogen-bond acceptors (Lipinski definition) is 3. The van der Waals surface area contributed by atoms with Gasteiger partial charge >= 0.3 is 0 Å². The second-order valence-corrected chi connectivity index (χ2v) is 5.02. The summed E-state index contributed by atoms with van der Waals surface area (Å²) in [6.45, 7) is 5.74. The minimum absolute atomic E-state index is 0.0571. The number of anilines is 1. The Morgan fingerprint density at radius 2 is 2.13 bits per heavy atom. The largest absolute Gasteiger partial charge is 0.359 e. The molecule has 5 heteroatoms. The van der Waals surface area contributed by atoms with Crippen molar-refractivity contribution in [3.8, 4) is 0 Å². The highest BCUT2D eigenvalue weighted by Gasteiger charge is 2.23. The van der Waals surface area contributed by atoms with Crippen LogP contribution in [0.15, 0.2) is 35.4 Å². The van der Waals surface area contributed by atoms with E-state index in [2.05, 4.69) is 11.9 Å². The lowest BCUT2D eigenvalue weighted by Crippen LogP contribution is -1.99. The van der Waals surface area contributed by atoms with E-state index in [1.54, 1.807) is 6.07 Å². The van der Waals surface area contributed by atoms with Crippen molar-refractivity contribution in [2.24, 2.45) is 0 Å². The SMILES string of the molecule is C=C1Nc2ccc(S(=O)(=O)O)cc2C1C. The van der Waals surface area contributed by atoms with Crippen LogP contribution in [0.3, 0.4) is 0 Å². The van der Waals surface area contributed by atoms with E-state index in [1.165, 1.54) is 12.1 Å². The summed E-state index contributed by atoms with van der Waals surface area (Å²) in [5.74, 6) is 0.0571. The molecule has 0 amide bonds. The molecule has 2 N–H and O–H groups in total. The fourth-order valence-corrected chi connectivity index (χ4v) is 2.16. The van der Waals surface area contributed by atoms with E-state index >= 15 is 0 Å². The van der Waals surface area contributed by atoms with Gasteiger partial charge < -0.3 is 5.32 Å². The van der Waals surface area contributed by atoms with Crippen LogP contribution in [0.4, 0.5) is 5.69 Å². The molecule has 0 radical (unpaired) electrons. The van der Waals surface area contributed by atoms with Crippen molar-refractivity contribution in [1.29, 1.82) is 0 Å². The first-order valence-corrected chi connectivity index (χ1v) is 5.91. The Morgan fingerprint density at radius 3 is 2.73 bits per heavy atom. The molecule has 0 spiro atoms. The number of allylic oxidation sites excluding steroid dienone is 1. The summed E-state index contributed by atoms with van der Waals surface area (Å²) in [5.41, 5.74) is 2.52. The molecule has 1 aromatic carbocycles. The van der Waals surface area contributed by atoms with Gasteiger partial charge in [-0.15, -0.1) is 0 Å². The monoisotopic (exact) mass is 225 g/mol. The predicted molar refractivity (Wildman–Crippen MR) is 57.4 cm³/mol. The standard InChI is InChI=1S/C10H11NO3S/c1-6-7(2)11-10-4-3-8(5-9(6)10)15(12,13)14/h3-6,11H,2H2,1H3,(H,12,13,14). The summed E-state index contributed by atoms with van der Waals surface area (Å²) in [5, 5.41) is 3.05. The lowest BCUT2D eigenvalue weighted by atomic mass is 10.0. The molecule has 0 aromatic heterocycles. The van der Waals surface area contributed by atoms with Crippen molar-refractivity contribution in [2.45, 2.75) is 17.7 Å². The van der Waals surface area contributed by atoms with Gasteiger partial charge in [-0.2, -0.15) is 8.42 Å². The summed E-state index contributed by atoms with van der Waals surface area (Å²) in [7, 11) is -4.12. The molecule has 0 saturated heterocycles. The summed E-state index contributed by atoms with van der Waals surface area (Å²) in [6, 6.07) is 4.47. The van der Waals surface area contributed by atoms with Crippen LogP contribution in [0, 0.1) is 0 Å². The molecule has 80 valence electrons. The van der Waals surface area contributed by atoms with Crippen LogP contribution in [0.5, 0.6) is 0 Å². The summed E-state index contributed by atoms with van der Waals surface area (Å²) >= 11 is 0. The summed E-state index contributed by atoms with van der Waals surface area (Å²) < 4.78 is 30.8. The van der Waals surface area contributed by atoms with Gasteiger partial charge in [0.25, 0.3) is 10.1 Å². The molecule has 1 atom stereocenters. The van der Waals surface area contributed by atoms with E-state index in [0.717, 1.165) is 16.9 Å². The molecule has 0 aliphatic carbocycles. The average molecular weight is 225 g/mol. The van der Waals surface area contributed by atoms with E-state index in [4.69, 9.17) is 4.55 Å². The minimum atomic E-state index is -4.12. The van der Waals surface area contributed by atoms with Gasteiger partial charge in [0, 0.05) is 17.3 Å². The Balaban J connectivity index is 2.58. The zero-order valence-electron chi connectivity index (χ0n) is 8.19. The highest BCUT2D eigenvalue weighted by Crippen LogP contribution is 2.38. The van der Waals surface area contributed by atoms with Gasteiger partial charge in [0.05, 0.1) is 4.90 Å². The number of hydrogen-bond donors (Lipinski definition) is 2. The lowest BCUT2D eigenvalue weighted by molar-refractivity contribution is 0.483. The van der Waals surface area contributed by atoms with Crippen molar-refractivity contribution < 1.29 is 13.0 Å². The Kier molecular flexibility index (Phi) is 2.09. The van der Waals surface area contributed by atoms with Gasteiger partial charge in [-0.3, -0.25) is 4.55 Å². The topological polar surface area (TPSA) is 66.4 Å². The van der Waals surface area contributed by atoms with Crippen LogP contribution in [-0.2, 0) is 10.1 Å². The van der Waals surface area contributed by atoms with Gasteiger partial charge in [0.1, 0.15) is 0 Å². The maximum absolute atomic E-state index is 10.9. The Hall–Kier alpha value is -1.33. The van der Waals surface area contributed by atoms with Crippen LogP contribution < -0.4 is 5.32 Å². The minimum Gasteiger partial charge on any atom is -0.359 e. The van der Waals surface area contributed by atoms with Gasteiger partial charge in [-0.05, 0) is 23.8 Å². The van der Waals surface area contributed by atoms with Crippen LogP contribution >= 0.6 is 0 Å². The Bertz CT molecular complexity index is 534. The molecule has 1 aliphatic rings. The molecule has 0 fully saturated rings. The van der Waals surface area contributed by atoms with Crippen LogP contribution in [-0.4, -0.2) is 13.0 Å². The third kappa shape index (κ3) is 1.64. The van der Waals surface area contributed by atoms with Crippen molar-refractivity contribution in [3.63, 3.8) is 0 Å². The van der Waals surface area contributed by atoms with Gasteiger partial charge in [-0.1, -0.05) is 13.5 Å². The molecule has 2 rings (SSSR count). The summed E-state index contributed by atoms with van der Waals surface area (Å²) in [4.78, 5) is -0.0791. The number of benzene rings is 1. The molecular formula is C10H11NO3S. The number of nitrogens with one attached hydrogen (secondary N) is 1.